The summed E-state index contributed by atoms with van der Waals surface area (Å²) in [7, 11) is 0. The van der Waals surface area contributed by atoms with Crippen LogP contribution in [-0.2, 0) is 6.42 Å². The molecule has 0 saturated heterocycles. The van der Waals surface area contributed by atoms with Gasteiger partial charge in [-0.1, -0.05) is 0 Å². The summed E-state index contributed by atoms with van der Waals surface area (Å²) in [6.45, 7) is 2.92. The third-order valence-electron chi connectivity index (χ3n) is 2.06. The van der Waals surface area contributed by atoms with Crippen molar-refractivity contribution in [3.63, 3.8) is 0 Å². The minimum Gasteiger partial charge on any atom is -0.361 e. The highest BCUT2D eigenvalue weighted by Gasteiger charge is 1.97. The van der Waals surface area contributed by atoms with Crippen LogP contribution in [0.1, 0.15) is 11.3 Å². The van der Waals surface area contributed by atoms with Gasteiger partial charge in [0.25, 0.3) is 0 Å². The Morgan fingerprint density at radius 1 is 1.33 bits per heavy atom. The van der Waals surface area contributed by atoms with Gasteiger partial charge in [0.15, 0.2) is 5.13 Å². The fourth-order valence-electron chi connectivity index (χ4n) is 1.30. The first-order chi connectivity index (χ1) is 7.34. The normalized spacial score (nSPS) is 10.2. The summed E-state index contributed by atoms with van der Waals surface area (Å²) in [4.78, 5) is 8.32. The van der Waals surface area contributed by atoms with Crippen molar-refractivity contribution in [1.82, 2.24) is 9.97 Å². The number of thiazole rings is 1. The maximum Gasteiger partial charge on any atom is 0.182 e. The number of pyridine rings is 1. The van der Waals surface area contributed by atoms with Gasteiger partial charge in [0, 0.05) is 24.3 Å². The third-order valence-corrected chi connectivity index (χ3v) is 2.98. The molecule has 2 heterocycles. The molecule has 0 radical (unpaired) electrons. The lowest BCUT2D eigenvalue weighted by atomic mass is 10.2. The second-order valence-corrected chi connectivity index (χ2v) is 4.18. The van der Waals surface area contributed by atoms with Gasteiger partial charge in [-0.2, -0.15) is 0 Å². The van der Waals surface area contributed by atoms with Crippen LogP contribution in [0, 0.1) is 6.92 Å². The minimum absolute atomic E-state index is 0.914. The Hall–Kier alpha value is -1.42. The van der Waals surface area contributed by atoms with E-state index in [4.69, 9.17) is 0 Å². The average Bonchev–Trinajstić information content (AvgIpc) is 2.66. The van der Waals surface area contributed by atoms with E-state index < -0.39 is 0 Å². The summed E-state index contributed by atoms with van der Waals surface area (Å²) in [5.41, 5.74) is 2.37. The van der Waals surface area contributed by atoms with Crippen molar-refractivity contribution >= 4 is 16.5 Å². The third kappa shape index (κ3) is 3.02. The summed E-state index contributed by atoms with van der Waals surface area (Å²) in [5, 5.41) is 6.35. The van der Waals surface area contributed by atoms with E-state index in [1.54, 1.807) is 11.3 Å². The van der Waals surface area contributed by atoms with E-state index in [1.807, 2.05) is 31.5 Å². The second-order valence-electron chi connectivity index (χ2n) is 3.33. The smallest absolute Gasteiger partial charge is 0.182 e. The Kier molecular flexibility index (Phi) is 3.29. The van der Waals surface area contributed by atoms with Gasteiger partial charge in [0.1, 0.15) is 0 Å². The Morgan fingerprint density at radius 3 is 2.80 bits per heavy atom. The van der Waals surface area contributed by atoms with E-state index in [1.165, 1.54) is 5.56 Å². The SMILES string of the molecule is Cc1csc(NCCc2ccncc2)n1. The van der Waals surface area contributed by atoms with Gasteiger partial charge in [0.2, 0.25) is 0 Å². The molecule has 0 unspecified atom stereocenters. The van der Waals surface area contributed by atoms with Crippen molar-refractivity contribution < 1.29 is 0 Å². The molecule has 0 bridgehead atoms. The number of anilines is 1. The Balaban J connectivity index is 1.80. The maximum absolute atomic E-state index is 4.34. The van der Waals surface area contributed by atoms with Gasteiger partial charge in [-0.3, -0.25) is 4.98 Å². The quantitative estimate of drug-likeness (QED) is 0.858. The van der Waals surface area contributed by atoms with Crippen LogP contribution in [-0.4, -0.2) is 16.5 Å². The lowest BCUT2D eigenvalue weighted by Gasteiger charge is -2.01. The van der Waals surface area contributed by atoms with Crippen molar-refractivity contribution in [2.24, 2.45) is 0 Å². The van der Waals surface area contributed by atoms with Crippen molar-refractivity contribution in [2.45, 2.75) is 13.3 Å². The summed E-state index contributed by atoms with van der Waals surface area (Å²) >= 11 is 1.65. The van der Waals surface area contributed by atoms with Gasteiger partial charge in [-0.05, 0) is 31.0 Å². The van der Waals surface area contributed by atoms with E-state index in [9.17, 15) is 0 Å². The molecule has 0 aromatic carbocycles. The largest absolute Gasteiger partial charge is 0.361 e. The van der Waals surface area contributed by atoms with Crippen LogP contribution in [0.15, 0.2) is 29.9 Å². The molecule has 2 aromatic heterocycles. The predicted molar refractivity (Wildman–Crippen MR) is 63.3 cm³/mol. The second kappa shape index (κ2) is 4.89. The van der Waals surface area contributed by atoms with Crippen molar-refractivity contribution in [3.05, 3.63) is 41.2 Å². The first-order valence-electron chi connectivity index (χ1n) is 4.89. The number of rotatable bonds is 4. The molecule has 2 rings (SSSR count). The molecule has 0 fully saturated rings. The van der Waals surface area contributed by atoms with Crippen LogP contribution >= 0.6 is 11.3 Å². The Morgan fingerprint density at radius 2 is 2.13 bits per heavy atom. The van der Waals surface area contributed by atoms with E-state index >= 15 is 0 Å². The van der Waals surface area contributed by atoms with Crippen molar-refractivity contribution in [2.75, 3.05) is 11.9 Å². The highest BCUT2D eigenvalue weighted by atomic mass is 32.1. The van der Waals surface area contributed by atoms with Crippen LogP contribution in [0.3, 0.4) is 0 Å². The lowest BCUT2D eigenvalue weighted by molar-refractivity contribution is 1.01. The van der Waals surface area contributed by atoms with Gasteiger partial charge < -0.3 is 5.32 Å². The van der Waals surface area contributed by atoms with Gasteiger partial charge in [-0.25, -0.2) is 4.98 Å². The molecule has 0 atom stereocenters. The lowest BCUT2D eigenvalue weighted by Crippen LogP contribution is -2.04. The van der Waals surface area contributed by atoms with Crippen LogP contribution in [0.5, 0.6) is 0 Å². The fourth-order valence-corrected chi connectivity index (χ4v) is 2.02. The van der Waals surface area contributed by atoms with Crippen molar-refractivity contribution in [3.8, 4) is 0 Å². The Labute approximate surface area is 93.2 Å². The van der Waals surface area contributed by atoms with Crippen LogP contribution < -0.4 is 5.32 Å². The van der Waals surface area contributed by atoms with E-state index in [2.05, 4.69) is 20.7 Å². The molecule has 2 aromatic rings. The number of aromatic nitrogens is 2. The van der Waals surface area contributed by atoms with Crippen LogP contribution in [0.25, 0.3) is 0 Å². The van der Waals surface area contributed by atoms with Crippen LogP contribution in [0.2, 0.25) is 0 Å². The van der Waals surface area contributed by atoms with E-state index in [0.29, 0.717) is 0 Å². The zero-order valence-corrected chi connectivity index (χ0v) is 9.42. The molecule has 0 aliphatic rings. The molecule has 0 saturated carbocycles. The molecular formula is C11H13N3S. The molecule has 15 heavy (non-hydrogen) atoms. The average molecular weight is 219 g/mol. The molecule has 0 amide bonds. The summed E-state index contributed by atoms with van der Waals surface area (Å²) in [5.74, 6) is 0. The summed E-state index contributed by atoms with van der Waals surface area (Å²) in [6, 6.07) is 4.07. The summed E-state index contributed by atoms with van der Waals surface area (Å²) in [6.07, 6.45) is 4.65. The number of aryl methyl sites for hydroxylation is 1. The maximum atomic E-state index is 4.34. The molecule has 1 N–H and O–H groups in total. The molecule has 0 aliphatic heterocycles. The standard InChI is InChI=1S/C11H13N3S/c1-9-8-15-11(14-9)13-7-4-10-2-5-12-6-3-10/h2-3,5-6,8H,4,7H2,1H3,(H,13,14). The van der Waals surface area contributed by atoms with Crippen LogP contribution in [0.4, 0.5) is 5.13 Å². The molecule has 0 aliphatic carbocycles. The minimum atomic E-state index is 0.914. The fraction of sp³-hybridized carbons (Fsp3) is 0.273. The first-order valence-corrected chi connectivity index (χ1v) is 5.77. The zero-order chi connectivity index (χ0) is 10.5. The molecule has 78 valence electrons. The highest BCUT2D eigenvalue weighted by molar-refractivity contribution is 7.13. The molecular weight excluding hydrogens is 206 g/mol. The van der Waals surface area contributed by atoms with Gasteiger partial charge in [-0.15, -0.1) is 11.3 Å². The van der Waals surface area contributed by atoms with Crippen molar-refractivity contribution in [1.29, 1.82) is 0 Å². The highest BCUT2D eigenvalue weighted by Crippen LogP contribution is 2.14. The molecule has 3 nitrogen and oxygen atoms in total. The van der Waals surface area contributed by atoms with Gasteiger partial charge >= 0.3 is 0 Å². The number of hydrogen-bond donors (Lipinski definition) is 1. The Bertz CT molecular complexity index is 411. The molecule has 4 heteroatoms. The number of nitrogens with one attached hydrogen (secondary N) is 1. The monoisotopic (exact) mass is 219 g/mol. The topological polar surface area (TPSA) is 37.8 Å². The number of nitrogens with zero attached hydrogens (tertiary/aromatic N) is 2. The summed E-state index contributed by atoms with van der Waals surface area (Å²) < 4.78 is 0. The zero-order valence-electron chi connectivity index (χ0n) is 8.60. The van der Waals surface area contributed by atoms with E-state index in [0.717, 1.165) is 23.8 Å². The number of hydrogen-bond acceptors (Lipinski definition) is 4. The predicted octanol–water partition coefficient (Wildman–Crippen LogP) is 2.50. The molecule has 0 spiro atoms. The first kappa shape index (κ1) is 10.1. The van der Waals surface area contributed by atoms with Gasteiger partial charge in [0.05, 0.1) is 5.69 Å². The van der Waals surface area contributed by atoms with E-state index in [-0.39, 0.29) is 0 Å².